The third-order valence-corrected chi connectivity index (χ3v) is 7.49. The zero-order valence-corrected chi connectivity index (χ0v) is 25.2. The lowest BCUT2D eigenvalue weighted by Crippen LogP contribution is -2.41. The maximum Gasteiger partial charge on any atom is 0.323 e. The number of aromatic amines is 1. The van der Waals surface area contributed by atoms with Crippen LogP contribution in [-0.4, -0.2) is 45.4 Å². The number of aryl methyl sites for hydroxylation is 2. The Kier molecular flexibility index (Phi) is 10.4. The zero-order chi connectivity index (χ0) is 31.7. The number of hydrogen-bond acceptors (Lipinski definition) is 5. The van der Waals surface area contributed by atoms with Crippen molar-refractivity contribution in [3.8, 4) is 0 Å². The molecule has 1 aromatic heterocycles. The summed E-state index contributed by atoms with van der Waals surface area (Å²) in [5.41, 5.74) is 4.04. The van der Waals surface area contributed by atoms with E-state index in [9.17, 15) is 24.3 Å². The summed E-state index contributed by atoms with van der Waals surface area (Å²) in [5, 5.41) is 22.1. The van der Waals surface area contributed by atoms with Gasteiger partial charge in [0.1, 0.15) is 0 Å². The van der Waals surface area contributed by atoms with Crippen molar-refractivity contribution in [1.82, 2.24) is 10.3 Å². The molecule has 0 radical (unpaired) electrons. The first-order chi connectivity index (χ1) is 21.0. The molecule has 4 aromatic rings. The number of ketones is 1. The normalized spacial score (nSPS) is 11.9. The highest BCUT2D eigenvalue weighted by atomic mass is 16.4. The van der Waals surface area contributed by atoms with Crippen LogP contribution in [0.25, 0.3) is 10.9 Å². The lowest BCUT2D eigenvalue weighted by atomic mass is 9.94. The SMILES string of the molecule is Cc1ccccc1NC(=O)Nc1ccc(NC(C)(C)C(=O)CCC(=O)N[C@H](CCc2c[nH]c3ccccc23)CC(=O)O)cc1. The first kappa shape index (κ1) is 31.8. The Hall–Kier alpha value is -5.12. The first-order valence-electron chi connectivity index (χ1n) is 14.6. The molecule has 4 rings (SSSR count). The second kappa shape index (κ2) is 14.4. The summed E-state index contributed by atoms with van der Waals surface area (Å²) >= 11 is 0. The summed E-state index contributed by atoms with van der Waals surface area (Å²) in [7, 11) is 0. The van der Waals surface area contributed by atoms with Crippen LogP contribution in [0, 0.1) is 6.92 Å². The number of aromatic nitrogens is 1. The largest absolute Gasteiger partial charge is 0.481 e. The fourth-order valence-electron chi connectivity index (χ4n) is 5.01. The lowest BCUT2D eigenvalue weighted by Gasteiger charge is -2.26. The van der Waals surface area contributed by atoms with E-state index < -0.39 is 17.6 Å². The van der Waals surface area contributed by atoms with Crippen molar-refractivity contribution in [2.45, 2.75) is 64.5 Å². The predicted octanol–water partition coefficient (Wildman–Crippen LogP) is 6.25. The van der Waals surface area contributed by atoms with Gasteiger partial charge in [0.25, 0.3) is 0 Å². The highest BCUT2D eigenvalue weighted by Crippen LogP contribution is 2.22. The molecule has 10 heteroatoms. The van der Waals surface area contributed by atoms with Crippen molar-refractivity contribution >= 4 is 51.7 Å². The van der Waals surface area contributed by atoms with Crippen LogP contribution in [0.4, 0.5) is 21.9 Å². The molecule has 0 bridgehead atoms. The van der Waals surface area contributed by atoms with E-state index in [0.29, 0.717) is 24.2 Å². The van der Waals surface area contributed by atoms with Crippen molar-refractivity contribution in [1.29, 1.82) is 0 Å². The zero-order valence-electron chi connectivity index (χ0n) is 25.2. The van der Waals surface area contributed by atoms with Gasteiger partial charge in [-0.15, -0.1) is 0 Å². The molecule has 10 nitrogen and oxygen atoms in total. The molecule has 230 valence electrons. The Morgan fingerprint density at radius 3 is 2.27 bits per heavy atom. The van der Waals surface area contributed by atoms with Crippen LogP contribution < -0.4 is 21.3 Å². The number of H-pyrrole nitrogens is 1. The second-order valence-electron chi connectivity index (χ2n) is 11.4. The summed E-state index contributed by atoms with van der Waals surface area (Å²) in [5.74, 6) is -1.52. The number of carbonyl (C=O) groups is 4. The molecular weight excluding hydrogens is 558 g/mol. The second-order valence-corrected chi connectivity index (χ2v) is 11.4. The standard InChI is InChI=1S/C34H39N5O5/c1-22-8-4-6-10-28(22)38-33(44)37-24-14-16-25(17-15-24)39-34(2,3)30(40)18-19-31(41)36-26(20-32(42)43)13-12-23-21-35-29-11-7-5-9-27(23)29/h4-11,14-17,21,26,35,39H,12-13,18-20H2,1-3H3,(H,36,41)(H,42,43)(H2,37,38,44)/t26-/m1/s1. The number of aliphatic carboxylic acids is 1. The first-order valence-corrected chi connectivity index (χ1v) is 14.6. The van der Waals surface area contributed by atoms with Gasteiger partial charge >= 0.3 is 12.0 Å². The van der Waals surface area contributed by atoms with Gasteiger partial charge in [0, 0.05) is 53.0 Å². The lowest BCUT2D eigenvalue weighted by molar-refractivity contribution is -0.138. The van der Waals surface area contributed by atoms with E-state index in [0.717, 1.165) is 27.7 Å². The summed E-state index contributed by atoms with van der Waals surface area (Å²) < 4.78 is 0. The van der Waals surface area contributed by atoms with Gasteiger partial charge in [0.05, 0.1) is 12.0 Å². The number of anilines is 3. The number of hydrogen-bond donors (Lipinski definition) is 6. The molecule has 1 atom stereocenters. The fourth-order valence-corrected chi connectivity index (χ4v) is 5.01. The molecule has 0 unspecified atom stereocenters. The van der Waals surface area contributed by atoms with E-state index in [2.05, 4.69) is 26.3 Å². The van der Waals surface area contributed by atoms with Crippen molar-refractivity contribution in [3.63, 3.8) is 0 Å². The number of nitrogens with one attached hydrogen (secondary N) is 5. The number of urea groups is 1. The van der Waals surface area contributed by atoms with Crippen LogP contribution in [0.2, 0.25) is 0 Å². The van der Waals surface area contributed by atoms with Crippen LogP contribution in [0.3, 0.4) is 0 Å². The molecular formula is C34H39N5O5. The molecule has 0 saturated heterocycles. The van der Waals surface area contributed by atoms with Gasteiger partial charge in [-0.25, -0.2) is 4.79 Å². The molecule has 0 saturated carbocycles. The topological polar surface area (TPSA) is 152 Å². The third-order valence-electron chi connectivity index (χ3n) is 7.49. The molecule has 0 aliphatic rings. The highest BCUT2D eigenvalue weighted by molar-refractivity contribution is 6.00. The van der Waals surface area contributed by atoms with E-state index in [-0.39, 0.29) is 37.0 Å². The Balaban J connectivity index is 1.25. The van der Waals surface area contributed by atoms with Crippen molar-refractivity contribution in [2.24, 2.45) is 0 Å². The molecule has 0 fully saturated rings. The molecule has 6 N–H and O–H groups in total. The van der Waals surface area contributed by atoms with Crippen LogP contribution in [0.1, 0.15) is 50.7 Å². The number of Topliss-reactive ketones (excluding diaryl/α,β-unsaturated/α-hetero) is 1. The minimum Gasteiger partial charge on any atom is -0.481 e. The number of carboxylic acid groups (broad SMARTS) is 1. The summed E-state index contributed by atoms with van der Waals surface area (Å²) in [6.07, 6.45) is 2.71. The predicted molar refractivity (Wildman–Crippen MR) is 173 cm³/mol. The molecule has 3 amide bonds. The Morgan fingerprint density at radius 1 is 0.864 bits per heavy atom. The summed E-state index contributed by atoms with van der Waals surface area (Å²) in [4.78, 5) is 52.8. The Bertz CT molecular complexity index is 1630. The average Bonchev–Trinajstić information content (AvgIpc) is 3.39. The molecule has 3 aromatic carbocycles. The van der Waals surface area contributed by atoms with Gasteiger partial charge in [-0.1, -0.05) is 36.4 Å². The van der Waals surface area contributed by atoms with Crippen LogP contribution in [-0.2, 0) is 20.8 Å². The number of amides is 3. The van der Waals surface area contributed by atoms with Crippen LogP contribution in [0.15, 0.2) is 79.0 Å². The summed E-state index contributed by atoms with van der Waals surface area (Å²) in [6, 6.07) is 21.4. The monoisotopic (exact) mass is 597 g/mol. The Morgan fingerprint density at radius 2 is 1.55 bits per heavy atom. The fraction of sp³-hybridized carbons (Fsp3) is 0.294. The Labute approximate surface area is 256 Å². The highest BCUT2D eigenvalue weighted by Gasteiger charge is 2.28. The quantitative estimate of drug-likeness (QED) is 0.101. The molecule has 1 heterocycles. The van der Waals surface area contributed by atoms with Gasteiger partial charge in [-0.3, -0.25) is 14.4 Å². The van der Waals surface area contributed by atoms with Crippen molar-refractivity contribution < 1.29 is 24.3 Å². The van der Waals surface area contributed by atoms with Crippen LogP contribution in [0.5, 0.6) is 0 Å². The van der Waals surface area contributed by atoms with E-state index in [1.165, 1.54) is 0 Å². The van der Waals surface area contributed by atoms with Gasteiger partial charge in [0.15, 0.2) is 5.78 Å². The van der Waals surface area contributed by atoms with Gasteiger partial charge in [0.2, 0.25) is 5.91 Å². The van der Waals surface area contributed by atoms with E-state index in [1.54, 1.807) is 38.1 Å². The maximum absolute atomic E-state index is 13.1. The number of para-hydroxylation sites is 2. The third kappa shape index (κ3) is 8.94. The average molecular weight is 598 g/mol. The number of carbonyl (C=O) groups excluding carboxylic acids is 3. The molecule has 44 heavy (non-hydrogen) atoms. The number of benzene rings is 3. The minimum absolute atomic E-state index is 0.00716. The smallest absolute Gasteiger partial charge is 0.323 e. The maximum atomic E-state index is 13.1. The van der Waals surface area contributed by atoms with E-state index in [1.807, 2.05) is 61.7 Å². The van der Waals surface area contributed by atoms with E-state index >= 15 is 0 Å². The van der Waals surface area contributed by atoms with Crippen molar-refractivity contribution in [3.05, 3.63) is 90.1 Å². The van der Waals surface area contributed by atoms with Gasteiger partial charge < -0.3 is 31.4 Å². The number of rotatable bonds is 14. The van der Waals surface area contributed by atoms with E-state index in [4.69, 9.17) is 0 Å². The minimum atomic E-state index is -0.997. The number of fused-ring (bicyclic) bond motifs is 1. The molecule has 0 spiro atoms. The van der Waals surface area contributed by atoms with Crippen molar-refractivity contribution in [2.75, 3.05) is 16.0 Å². The van der Waals surface area contributed by atoms with Crippen LogP contribution >= 0.6 is 0 Å². The molecule has 0 aliphatic heterocycles. The van der Waals surface area contributed by atoms with Gasteiger partial charge in [-0.05, 0) is 81.1 Å². The van der Waals surface area contributed by atoms with Gasteiger partial charge in [-0.2, -0.15) is 0 Å². The summed E-state index contributed by atoms with van der Waals surface area (Å²) in [6.45, 7) is 5.39. The molecule has 0 aliphatic carbocycles. The number of carboxylic acids is 1.